The number of benzene rings is 1. The Kier molecular flexibility index (Phi) is 5.37. The molecule has 1 atom stereocenters. The van der Waals surface area contributed by atoms with E-state index in [2.05, 4.69) is 17.1 Å². The summed E-state index contributed by atoms with van der Waals surface area (Å²) in [4.78, 5) is 32.6. The molecule has 0 N–H and O–H groups in total. The summed E-state index contributed by atoms with van der Waals surface area (Å²) in [5.74, 6) is 0.0881. The van der Waals surface area contributed by atoms with Gasteiger partial charge < -0.3 is 14.5 Å². The Bertz CT molecular complexity index is 889. The van der Waals surface area contributed by atoms with Gasteiger partial charge in [-0.15, -0.1) is 0 Å². The molecule has 0 radical (unpaired) electrons. The largest absolute Gasteiger partial charge is 0.366 e. The number of nitrogens with zero attached hydrogens (tertiary/aromatic N) is 3. The molecule has 1 spiro atoms. The SMILES string of the molecule is CN(C)C(=O)CC1Cc2ccccc2C2(CCN(C(=O)c3cccnc3)CC2)O1. The van der Waals surface area contributed by atoms with Crippen molar-refractivity contribution >= 4 is 11.8 Å². The van der Waals surface area contributed by atoms with Crippen LogP contribution in [0.15, 0.2) is 48.8 Å². The van der Waals surface area contributed by atoms with E-state index >= 15 is 0 Å². The number of hydrogen-bond acceptors (Lipinski definition) is 4. The normalized spacial score (nSPS) is 20.2. The maximum atomic E-state index is 12.8. The quantitative estimate of drug-likeness (QED) is 0.804. The topological polar surface area (TPSA) is 62.7 Å². The van der Waals surface area contributed by atoms with E-state index in [-0.39, 0.29) is 17.9 Å². The van der Waals surface area contributed by atoms with E-state index in [1.807, 2.05) is 17.0 Å². The van der Waals surface area contributed by atoms with Gasteiger partial charge in [-0.05, 0) is 42.5 Å². The van der Waals surface area contributed by atoms with Crippen LogP contribution >= 0.6 is 0 Å². The molecule has 6 heteroatoms. The molecule has 2 amide bonds. The lowest BCUT2D eigenvalue weighted by molar-refractivity contribution is -0.151. The van der Waals surface area contributed by atoms with Crippen molar-refractivity contribution in [3.05, 3.63) is 65.5 Å². The van der Waals surface area contributed by atoms with E-state index in [0.29, 0.717) is 25.1 Å². The van der Waals surface area contributed by atoms with Gasteiger partial charge in [0.25, 0.3) is 5.91 Å². The number of piperidine rings is 1. The van der Waals surface area contributed by atoms with E-state index in [9.17, 15) is 9.59 Å². The molecular weight excluding hydrogens is 366 g/mol. The summed E-state index contributed by atoms with van der Waals surface area (Å²) in [5, 5.41) is 0. The minimum atomic E-state index is -0.433. The summed E-state index contributed by atoms with van der Waals surface area (Å²) < 4.78 is 6.60. The van der Waals surface area contributed by atoms with Crippen LogP contribution in [-0.4, -0.2) is 59.9 Å². The van der Waals surface area contributed by atoms with Gasteiger partial charge in [-0.1, -0.05) is 24.3 Å². The Morgan fingerprint density at radius 3 is 2.62 bits per heavy atom. The van der Waals surface area contributed by atoms with E-state index in [1.54, 1.807) is 43.5 Å². The average molecular weight is 393 g/mol. The molecule has 29 heavy (non-hydrogen) atoms. The van der Waals surface area contributed by atoms with Gasteiger partial charge in [0.15, 0.2) is 0 Å². The fourth-order valence-electron chi connectivity index (χ4n) is 4.43. The second kappa shape index (κ2) is 7.95. The molecule has 1 aromatic heterocycles. The summed E-state index contributed by atoms with van der Waals surface area (Å²) in [7, 11) is 3.55. The van der Waals surface area contributed by atoms with Crippen molar-refractivity contribution < 1.29 is 14.3 Å². The fourth-order valence-corrected chi connectivity index (χ4v) is 4.43. The van der Waals surface area contributed by atoms with Gasteiger partial charge >= 0.3 is 0 Å². The number of aromatic nitrogens is 1. The van der Waals surface area contributed by atoms with Crippen molar-refractivity contribution in [2.45, 2.75) is 37.4 Å². The highest BCUT2D eigenvalue weighted by molar-refractivity contribution is 5.93. The lowest BCUT2D eigenvalue weighted by atomic mass is 9.77. The van der Waals surface area contributed by atoms with Crippen LogP contribution in [0.1, 0.15) is 40.7 Å². The third kappa shape index (κ3) is 3.90. The van der Waals surface area contributed by atoms with Crippen molar-refractivity contribution in [3.63, 3.8) is 0 Å². The Balaban J connectivity index is 1.53. The maximum Gasteiger partial charge on any atom is 0.255 e. The predicted molar refractivity (Wildman–Crippen MR) is 109 cm³/mol. The van der Waals surface area contributed by atoms with Crippen LogP contribution in [0.2, 0.25) is 0 Å². The molecule has 0 saturated carbocycles. The minimum absolute atomic E-state index is 0.0105. The van der Waals surface area contributed by atoms with Gasteiger partial charge in [0.1, 0.15) is 0 Å². The summed E-state index contributed by atoms with van der Waals surface area (Å²) in [6.45, 7) is 1.24. The standard InChI is InChI=1S/C23H27N3O3/c1-25(2)21(27)15-19-14-17-6-3-4-8-20(17)23(29-19)9-12-26(13-10-23)22(28)18-7-5-11-24-16-18/h3-8,11,16,19H,9-10,12-15H2,1-2H3. The number of amides is 2. The second-order valence-electron chi connectivity index (χ2n) is 8.12. The van der Waals surface area contributed by atoms with Crippen LogP contribution in [0, 0.1) is 0 Å². The zero-order chi connectivity index (χ0) is 20.4. The first-order valence-electron chi connectivity index (χ1n) is 10.1. The van der Waals surface area contributed by atoms with Crippen LogP contribution < -0.4 is 0 Å². The second-order valence-corrected chi connectivity index (χ2v) is 8.12. The van der Waals surface area contributed by atoms with Gasteiger partial charge in [-0.2, -0.15) is 0 Å². The van der Waals surface area contributed by atoms with Crippen molar-refractivity contribution in [1.29, 1.82) is 0 Å². The Morgan fingerprint density at radius 1 is 1.17 bits per heavy atom. The fraction of sp³-hybridized carbons (Fsp3) is 0.435. The molecular formula is C23H27N3O3. The first-order chi connectivity index (χ1) is 14.0. The van der Waals surface area contributed by atoms with Crippen LogP contribution in [0.3, 0.4) is 0 Å². The summed E-state index contributed by atoms with van der Waals surface area (Å²) in [5.41, 5.74) is 2.64. The van der Waals surface area contributed by atoms with Gasteiger partial charge in [-0.25, -0.2) is 0 Å². The lowest BCUT2D eigenvalue weighted by Gasteiger charge is -2.47. The molecule has 152 valence electrons. The molecule has 2 aliphatic rings. The molecule has 0 bridgehead atoms. The van der Waals surface area contributed by atoms with Crippen LogP contribution in [0.4, 0.5) is 0 Å². The number of fused-ring (bicyclic) bond motifs is 2. The molecule has 3 heterocycles. The Labute approximate surface area is 171 Å². The first kappa shape index (κ1) is 19.6. The van der Waals surface area contributed by atoms with E-state index in [0.717, 1.165) is 19.3 Å². The van der Waals surface area contributed by atoms with E-state index < -0.39 is 5.60 Å². The van der Waals surface area contributed by atoms with Crippen molar-refractivity contribution in [3.8, 4) is 0 Å². The molecule has 1 saturated heterocycles. The zero-order valence-corrected chi connectivity index (χ0v) is 17.0. The van der Waals surface area contributed by atoms with Gasteiger partial charge in [-0.3, -0.25) is 14.6 Å². The minimum Gasteiger partial charge on any atom is -0.366 e. The Hall–Kier alpha value is -2.73. The van der Waals surface area contributed by atoms with Crippen molar-refractivity contribution in [1.82, 2.24) is 14.8 Å². The smallest absolute Gasteiger partial charge is 0.255 e. The summed E-state index contributed by atoms with van der Waals surface area (Å²) >= 11 is 0. The number of hydrogen-bond donors (Lipinski definition) is 0. The highest BCUT2D eigenvalue weighted by atomic mass is 16.5. The number of likely N-dealkylation sites (tertiary alicyclic amines) is 1. The summed E-state index contributed by atoms with van der Waals surface area (Å²) in [6, 6.07) is 11.9. The third-order valence-electron chi connectivity index (χ3n) is 6.02. The zero-order valence-electron chi connectivity index (χ0n) is 17.0. The highest BCUT2D eigenvalue weighted by Gasteiger charge is 2.44. The number of carbonyl (C=O) groups excluding carboxylic acids is 2. The molecule has 4 rings (SSSR count). The number of carbonyl (C=O) groups is 2. The molecule has 1 aromatic carbocycles. The van der Waals surface area contributed by atoms with Crippen molar-refractivity contribution in [2.75, 3.05) is 27.2 Å². The lowest BCUT2D eigenvalue weighted by Crippen LogP contribution is -2.50. The monoisotopic (exact) mass is 393 g/mol. The average Bonchev–Trinajstić information content (AvgIpc) is 2.74. The highest BCUT2D eigenvalue weighted by Crippen LogP contribution is 2.44. The number of rotatable bonds is 3. The third-order valence-corrected chi connectivity index (χ3v) is 6.02. The van der Waals surface area contributed by atoms with Crippen LogP contribution in [-0.2, 0) is 21.6 Å². The van der Waals surface area contributed by atoms with Crippen molar-refractivity contribution in [2.24, 2.45) is 0 Å². The molecule has 6 nitrogen and oxygen atoms in total. The maximum absolute atomic E-state index is 12.8. The van der Waals surface area contributed by atoms with Gasteiger partial charge in [0.2, 0.25) is 5.91 Å². The molecule has 2 aromatic rings. The van der Waals surface area contributed by atoms with Gasteiger partial charge in [0, 0.05) is 39.6 Å². The molecule has 1 unspecified atom stereocenters. The number of pyridine rings is 1. The molecule has 1 fully saturated rings. The van der Waals surface area contributed by atoms with E-state index in [1.165, 1.54) is 11.1 Å². The predicted octanol–water partition coefficient (Wildman–Crippen LogP) is 2.63. The number of ether oxygens (including phenoxy) is 1. The summed E-state index contributed by atoms with van der Waals surface area (Å²) in [6.07, 6.45) is 5.72. The van der Waals surface area contributed by atoms with Crippen LogP contribution in [0.5, 0.6) is 0 Å². The molecule has 0 aliphatic carbocycles. The van der Waals surface area contributed by atoms with Crippen LogP contribution in [0.25, 0.3) is 0 Å². The van der Waals surface area contributed by atoms with Gasteiger partial charge in [0.05, 0.1) is 23.7 Å². The molecule has 2 aliphatic heterocycles. The van der Waals surface area contributed by atoms with E-state index in [4.69, 9.17) is 4.74 Å². The first-order valence-corrected chi connectivity index (χ1v) is 10.1. The Morgan fingerprint density at radius 2 is 1.93 bits per heavy atom.